The Labute approximate surface area is 162 Å². The van der Waals surface area contributed by atoms with Crippen molar-refractivity contribution in [2.45, 2.75) is 20.3 Å². The van der Waals surface area contributed by atoms with E-state index in [9.17, 15) is 19.7 Å². The normalized spacial score (nSPS) is 16.1. The summed E-state index contributed by atoms with van der Waals surface area (Å²) in [6.07, 6.45) is 0.0903. The van der Waals surface area contributed by atoms with Crippen LogP contribution in [0.1, 0.15) is 18.9 Å². The van der Waals surface area contributed by atoms with Crippen LogP contribution >= 0.6 is 0 Å². The third-order valence-corrected chi connectivity index (χ3v) is 4.63. The number of rotatable bonds is 6. The molecule has 0 aromatic heterocycles. The molecule has 1 saturated heterocycles. The summed E-state index contributed by atoms with van der Waals surface area (Å²) >= 11 is 0. The highest BCUT2D eigenvalue weighted by Crippen LogP contribution is 2.28. The lowest BCUT2D eigenvalue weighted by Gasteiger charge is -2.17. The van der Waals surface area contributed by atoms with Gasteiger partial charge in [-0.3, -0.25) is 19.7 Å². The second-order valence-electron chi connectivity index (χ2n) is 6.58. The van der Waals surface area contributed by atoms with Gasteiger partial charge in [-0.1, -0.05) is 6.07 Å². The van der Waals surface area contributed by atoms with Gasteiger partial charge in [0.15, 0.2) is 0 Å². The van der Waals surface area contributed by atoms with Crippen LogP contribution in [0, 0.1) is 23.0 Å². The SMILES string of the molecule is CCOc1ccc(N2C[C@H](C(=O)Nc3ccc(C)c([N+](=O)[O-])c3)CC2=O)cc1. The molecule has 0 unspecified atom stereocenters. The summed E-state index contributed by atoms with van der Waals surface area (Å²) in [6.45, 7) is 4.34. The molecule has 0 aliphatic carbocycles. The van der Waals surface area contributed by atoms with Crippen LogP contribution in [0.25, 0.3) is 0 Å². The zero-order valence-corrected chi connectivity index (χ0v) is 15.7. The number of benzene rings is 2. The van der Waals surface area contributed by atoms with Gasteiger partial charge in [-0.2, -0.15) is 0 Å². The predicted octanol–water partition coefficient (Wildman–Crippen LogP) is 3.29. The minimum atomic E-state index is -0.528. The van der Waals surface area contributed by atoms with Crippen LogP contribution in [0.15, 0.2) is 42.5 Å². The number of hydrogen-bond donors (Lipinski definition) is 1. The molecule has 1 N–H and O–H groups in total. The second-order valence-corrected chi connectivity index (χ2v) is 6.58. The first kappa shape index (κ1) is 19.3. The fourth-order valence-electron chi connectivity index (χ4n) is 3.15. The Bertz CT molecular complexity index is 911. The Morgan fingerprint density at radius 3 is 2.64 bits per heavy atom. The first-order chi connectivity index (χ1) is 13.4. The highest BCUT2D eigenvalue weighted by atomic mass is 16.6. The number of nitro benzene ring substituents is 1. The Kier molecular flexibility index (Phi) is 5.58. The summed E-state index contributed by atoms with van der Waals surface area (Å²) in [7, 11) is 0. The first-order valence-electron chi connectivity index (χ1n) is 8.98. The number of ether oxygens (including phenoxy) is 1. The molecule has 28 heavy (non-hydrogen) atoms. The van der Waals surface area contributed by atoms with E-state index in [4.69, 9.17) is 4.74 Å². The number of carbonyl (C=O) groups excluding carboxylic acids is 2. The van der Waals surface area contributed by atoms with Gasteiger partial charge in [0.2, 0.25) is 11.8 Å². The minimum absolute atomic E-state index is 0.0590. The molecular weight excluding hydrogens is 362 g/mol. The molecule has 8 nitrogen and oxygen atoms in total. The van der Waals surface area contributed by atoms with Gasteiger partial charge in [-0.25, -0.2) is 0 Å². The topological polar surface area (TPSA) is 102 Å². The lowest BCUT2D eigenvalue weighted by Crippen LogP contribution is -2.28. The van der Waals surface area contributed by atoms with Crippen molar-refractivity contribution in [3.05, 3.63) is 58.1 Å². The van der Waals surface area contributed by atoms with E-state index in [2.05, 4.69) is 5.32 Å². The number of nitro groups is 1. The van der Waals surface area contributed by atoms with Gasteiger partial charge in [0.05, 0.1) is 17.4 Å². The molecule has 146 valence electrons. The van der Waals surface area contributed by atoms with Crippen molar-refractivity contribution in [2.24, 2.45) is 5.92 Å². The quantitative estimate of drug-likeness (QED) is 0.609. The van der Waals surface area contributed by atoms with Gasteiger partial charge in [-0.05, 0) is 44.2 Å². The number of nitrogens with zero attached hydrogens (tertiary/aromatic N) is 2. The molecule has 1 fully saturated rings. The monoisotopic (exact) mass is 383 g/mol. The van der Waals surface area contributed by atoms with E-state index in [0.29, 0.717) is 29.3 Å². The Hall–Kier alpha value is -3.42. The largest absolute Gasteiger partial charge is 0.494 e. The zero-order chi connectivity index (χ0) is 20.3. The smallest absolute Gasteiger partial charge is 0.274 e. The van der Waals surface area contributed by atoms with Gasteiger partial charge in [0.25, 0.3) is 5.69 Å². The molecule has 3 rings (SSSR count). The Morgan fingerprint density at radius 1 is 1.29 bits per heavy atom. The van der Waals surface area contributed by atoms with E-state index in [1.165, 1.54) is 6.07 Å². The molecule has 1 aliphatic heterocycles. The zero-order valence-electron chi connectivity index (χ0n) is 15.7. The molecule has 1 atom stereocenters. The highest BCUT2D eigenvalue weighted by Gasteiger charge is 2.35. The fraction of sp³-hybridized carbons (Fsp3) is 0.300. The number of aryl methyl sites for hydroxylation is 1. The summed E-state index contributed by atoms with van der Waals surface area (Å²) in [5.41, 5.74) is 1.50. The van der Waals surface area contributed by atoms with E-state index in [0.717, 1.165) is 0 Å². The molecule has 2 amide bonds. The lowest BCUT2D eigenvalue weighted by molar-refractivity contribution is -0.385. The van der Waals surface area contributed by atoms with Crippen LogP contribution in [0.3, 0.4) is 0 Å². The average Bonchev–Trinajstić information content (AvgIpc) is 3.06. The third-order valence-electron chi connectivity index (χ3n) is 4.63. The maximum Gasteiger partial charge on any atom is 0.274 e. The lowest BCUT2D eigenvalue weighted by atomic mass is 10.1. The van der Waals surface area contributed by atoms with E-state index in [-0.39, 0.29) is 30.5 Å². The van der Waals surface area contributed by atoms with Crippen molar-refractivity contribution in [3.8, 4) is 5.75 Å². The van der Waals surface area contributed by atoms with Crippen molar-refractivity contribution in [3.63, 3.8) is 0 Å². The number of anilines is 2. The van der Waals surface area contributed by atoms with Crippen molar-refractivity contribution >= 4 is 28.9 Å². The van der Waals surface area contributed by atoms with Crippen LogP contribution in [-0.2, 0) is 9.59 Å². The van der Waals surface area contributed by atoms with Crippen LogP contribution in [0.5, 0.6) is 5.75 Å². The fourth-order valence-corrected chi connectivity index (χ4v) is 3.15. The molecule has 0 radical (unpaired) electrons. The molecule has 0 spiro atoms. The van der Waals surface area contributed by atoms with Gasteiger partial charge in [0, 0.05) is 36.0 Å². The first-order valence-corrected chi connectivity index (χ1v) is 8.98. The van der Waals surface area contributed by atoms with Crippen molar-refractivity contribution in [1.82, 2.24) is 0 Å². The van der Waals surface area contributed by atoms with Crippen molar-refractivity contribution in [1.29, 1.82) is 0 Å². The van der Waals surface area contributed by atoms with Crippen LogP contribution in [0.2, 0.25) is 0 Å². The van der Waals surface area contributed by atoms with E-state index < -0.39 is 10.8 Å². The minimum Gasteiger partial charge on any atom is -0.494 e. The van der Waals surface area contributed by atoms with Gasteiger partial charge < -0.3 is 15.0 Å². The molecule has 0 bridgehead atoms. The number of amides is 2. The molecule has 0 saturated carbocycles. The summed E-state index contributed by atoms with van der Waals surface area (Å²) in [4.78, 5) is 37.1. The summed E-state index contributed by atoms with van der Waals surface area (Å²) < 4.78 is 5.40. The molecule has 1 aliphatic rings. The predicted molar refractivity (Wildman–Crippen MR) is 105 cm³/mol. The van der Waals surface area contributed by atoms with Crippen LogP contribution < -0.4 is 15.0 Å². The summed E-state index contributed by atoms with van der Waals surface area (Å²) in [6, 6.07) is 11.7. The van der Waals surface area contributed by atoms with E-state index in [1.807, 2.05) is 6.92 Å². The maximum absolute atomic E-state index is 12.6. The summed E-state index contributed by atoms with van der Waals surface area (Å²) in [5.74, 6) is -0.285. The Morgan fingerprint density at radius 2 is 2.00 bits per heavy atom. The third kappa shape index (κ3) is 4.11. The van der Waals surface area contributed by atoms with Crippen molar-refractivity contribution in [2.75, 3.05) is 23.4 Å². The highest BCUT2D eigenvalue weighted by molar-refractivity contribution is 6.03. The molecule has 1 heterocycles. The van der Waals surface area contributed by atoms with Crippen molar-refractivity contribution < 1.29 is 19.2 Å². The second kappa shape index (κ2) is 8.08. The molecular formula is C20H21N3O5. The number of hydrogen-bond acceptors (Lipinski definition) is 5. The number of carbonyl (C=O) groups is 2. The average molecular weight is 383 g/mol. The standard InChI is InChI=1S/C20H21N3O5/c1-3-28-17-8-6-16(7-9-17)22-12-14(10-19(22)24)20(25)21-15-5-4-13(2)18(11-15)23(26)27/h4-9,11,14H,3,10,12H2,1-2H3,(H,21,25)/t14-/m1/s1. The molecule has 2 aromatic rings. The van der Waals surface area contributed by atoms with E-state index >= 15 is 0 Å². The maximum atomic E-state index is 12.6. The van der Waals surface area contributed by atoms with Gasteiger partial charge in [0.1, 0.15) is 5.75 Å². The molecule has 2 aromatic carbocycles. The Balaban J connectivity index is 1.68. The number of nitrogens with one attached hydrogen (secondary N) is 1. The van der Waals surface area contributed by atoms with E-state index in [1.54, 1.807) is 48.2 Å². The van der Waals surface area contributed by atoms with Gasteiger partial charge in [-0.15, -0.1) is 0 Å². The van der Waals surface area contributed by atoms with Gasteiger partial charge >= 0.3 is 0 Å². The molecule has 8 heteroatoms. The van der Waals surface area contributed by atoms with Crippen LogP contribution in [-0.4, -0.2) is 29.9 Å². The van der Waals surface area contributed by atoms with Crippen LogP contribution in [0.4, 0.5) is 17.1 Å². The summed E-state index contributed by atoms with van der Waals surface area (Å²) in [5, 5.41) is 13.7.